The fourth-order valence-corrected chi connectivity index (χ4v) is 2.62. The van der Waals surface area contributed by atoms with Crippen molar-refractivity contribution >= 4 is 16.9 Å². The summed E-state index contributed by atoms with van der Waals surface area (Å²) in [6, 6.07) is 15.5. The van der Waals surface area contributed by atoms with Crippen molar-refractivity contribution < 1.29 is 13.9 Å². The Labute approximate surface area is 135 Å². The topological polar surface area (TPSA) is 51.5 Å². The molecule has 4 nitrogen and oxygen atoms in total. The Kier molecular flexibility index (Phi) is 4.33. The third-order valence-electron chi connectivity index (χ3n) is 3.88. The van der Waals surface area contributed by atoms with E-state index in [9.17, 15) is 4.79 Å². The minimum absolute atomic E-state index is 0.179. The number of amides is 1. The van der Waals surface area contributed by atoms with Crippen LogP contribution in [0.4, 0.5) is 0 Å². The number of para-hydroxylation sites is 1. The molecule has 0 aliphatic carbocycles. The molecule has 1 N–H and O–H groups in total. The Balaban J connectivity index is 1.65. The highest BCUT2D eigenvalue weighted by atomic mass is 16.5. The smallest absolute Gasteiger partial charge is 0.287 e. The second-order valence-corrected chi connectivity index (χ2v) is 5.41. The van der Waals surface area contributed by atoms with Crippen LogP contribution in [0.25, 0.3) is 11.0 Å². The maximum absolute atomic E-state index is 12.3. The molecule has 1 heterocycles. The van der Waals surface area contributed by atoms with Crippen LogP contribution in [0.3, 0.4) is 0 Å². The van der Waals surface area contributed by atoms with Crippen LogP contribution in [0, 0.1) is 6.92 Å². The fraction of sp³-hybridized carbons (Fsp3) is 0.211. The lowest BCUT2D eigenvalue weighted by Crippen LogP contribution is -2.25. The average molecular weight is 309 g/mol. The average Bonchev–Trinajstić information content (AvgIpc) is 2.92. The van der Waals surface area contributed by atoms with E-state index in [1.165, 1.54) is 0 Å². The molecule has 0 saturated heterocycles. The summed E-state index contributed by atoms with van der Waals surface area (Å²) in [5.41, 5.74) is 2.73. The van der Waals surface area contributed by atoms with E-state index in [1.807, 2.05) is 55.5 Å². The van der Waals surface area contributed by atoms with E-state index in [-0.39, 0.29) is 5.91 Å². The van der Waals surface area contributed by atoms with Gasteiger partial charge in [0.1, 0.15) is 11.3 Å². The molecule has 0 aliphatic heterocycles. The highest BCUT2D eigenvalue weighted by Gasteiger charge is 2.16. The Morgan fingerprint density at radius 3 is 2.78 bits per heavy atom. The molecular formula is C19H19NO3. The van der Waals surface area contributed by atoms with Crippen molar-refractivity contribution in [1.29, 1.82) is 0 Å². The van der Waals surface area contributed by atoms with Gasteiger partial charge in [-0.05, 0) is 37.1 Å². The van der Waals surface area contributed by atoms with Crippen molar-refractivity contribution in [2.45, 2.75) is 13.3 Å². The second-order valence-electron chi connectivity index (χ2n) is 5.41. The number of hydrogen-bond acceptors (Lipinski definition) is 3. The molecule has 23 heavy (non-hydrogen) atoms. The lowest BCUT2D eigenvalue weighted by Gasteiger charge is -2.06. The molecule has 0 aliphatic rings. The van der Waals surface area contributed by atoms with Gasteiger partial charge in [0.2, 0.25) is 0 Å². The molecule has 2 aromatic carbocycles. The van der Waals surface area contributed by atoms with Crippen molar-refractivity contribution in [2.75, 3.05) is 13.7 Å². The van der Waals surface area contributed by atoms with Crippen LogP contribution >= 0.6 is 0 Å². The summed E-state index contributed by atoms with van der Waals surface area (Å²) in [7, 11) is 1.64. The van der Waals surface area contributed by atoms with E-state index in [2.05, 4.69) is 5.32 Å². The Morgan fingerprint density at radius 2 is 2.00 bits per heavy atom. The number of benzene rings is 2. The third-order valence-corrected chi connectivity index (χ3v) is 3.88. The van der Waals surface area contributed by atoms with Crippen LogP contribution in [0.15, 0.2) is 52.9 Å². The van der Waals surface area contributed by atoms with Crippen molar-refractivity contribution in [3.63, 3.8) is 0 Å². The van der Waals surface area contributed by atoms with Crippen LogP contribution in [0.5, 0.6) is 5.75 Å². The molecule has 0 bridgehead atoms. The second kappa shape index (κ2) is 6.57. The van der Waals surface area contributed by atoms with Crippen LogP contribution in [-0.4, -0.2) is 19.6 Å². The van der Waals surface area contributed by atoms with E-state index in [1.54, 1.807) is 7.11 Å². The fourth-order valence-electron chi connectivity index (χ4n) is 2.62. The van der Waals surface area contributed by atoms with Gasteiger partial charge < -0.3 is 14.5 Å². The number of carbonyl (C=O) groups is 1. The van der Waals surface area contributed by atoms with Crippen LogP contribution in [0.2, 0.25) is 0 Å². The first-order chi connectivity index (χ1) is 11.2. The Morgan fingerprint density at radius 1 is 1.17 bits per heavy atom. The minimum atomic E-state index is -0.179. The Hall–Kier alpha value is -2.75. The largest absolute Gasteiger partial charge is 0.497 e. The summed E-state index contributed by atoms with van der Waals surface area (Å²) >= 11 is 0. The number of carbonyl (C=O) groups excluding carboxylic acids is 1. The van der Waals surface area contributed by atoms with Gasteiger partial charge in [0, 0.05) is 17.5 Å². The number of methoxy groups -OCH3 is 1. The predicted molar refractivity (Wildman–Crippen MR) is 90.0 cm³/mol. The maximum atomic E-state index is 12.3. The molecule has 0 atom stereocenters. The third kappa shape index (κ3) is 3.21. The SMILES string of the molecule is COc1cccc(CCNC(=O)c2oc3ccccc3c2C)c1. The molecule has 4 heteroatoms. The van der Waals surface area contributed by atoms with Gasteiger partial charge in [-0.2, -0.15) is 0 Å². The first kappa shape index (κ1) is 15.2. The van der Waals surface area contributed by atoms with Gasteiger partial charge in [0.15, 0.2) is 5.76 Å². The predicted octanol–water partition coefficient (Wildman–Crippen LogP) is 3.72. The Bertz CT molecular complexity index is 836. The molecule has 0 fully saturated rings. The van der Waals surface area contributed by atoms with Gasteiger partial charge in [-0.3, -0.25) is 4.79 Å². The number of rotatable bonds is 5. The van der Waals surface area contributed by atoms with Gasteiger partial charge in [0.05, 0.1) is 7.11 Å². The zero-order chi connectivity index (χ0) is 16.2. The molecule has 0 radical (unpaired) electrons. The van der Waals surface area contributed by atoms with Crippen molar-refractivity contribution in [1.82, 2.24) is 5.32 Å². The molecule has 0 spiro atoms. The zero-order valence-electron chi connectivity index (χ0n) is 13.3. The van der Waals surface area contributed by atoms with Crippen molar-refractivity contribution in [2.24, 2.45) is 0 Å². The number of furan rings is 1. The molecule has 0 unspecified atom stereocenters. The van der Waals surface area contributed by atoms with E-state index >= 15 is 0 Å². The number of ether oxygens (including phenoxy) is 1. The standard InChI is InChI=1S/C19H19NO3/c1-13-16-8-3-4-9-17(16)23-18(13)19(21)20-11-10-14-6-5-7-15(12-14)22-2/h3-9,12H,10-11H2,1-2H3,(H,20,21). The lowest BCUT2D eigenvalue weighted by atomic mass is 10.1. The van der Waals surface area contributed by atoms with Crippen molar-refractivity contribution in [3.8, 4) is 5.75 Å². The number of nitrogens with one attached hydrogen (secondary N) is 1. The zero-order valence-corrected chi connectivity index (χ0v) is 13.3. The quantitative estimate of drug-likeness (QED) is 0.781. The summed E-state index contributed by atoms with van der Waals surface area (Å²) < 4.78 is 10.9. The molecule has 118 valence electrons. The first-order valence-electron chi connectivity index (χ1n) is 7.58. The first-order valence-corrected chi connectivity index (χ1v) is 7.58. The highest BCUT2D eigenvalue weighted by Crippen LogP contribution is 2.24. The number of fused-ring (bicyclic) bond motifs is 1. The summed E-state index contributed by atoms with van der Waals surface area (Å²) in [5.74, 6) is 1.03. The minimum Gasteiger partial charge on any atom is -0.497 e. The molecular weight excluding hydrogens is 290 g/mol. The monoisotopic (exact) mass is 309 g/mol. The van der Waals surface area contributed by atoms with E-state index < -0.39 is 0 Å². The molecule has 3 rings (SSSR count). The number of aryl methyl sites for hydroxylation is 1. The van der Waals surface area contributed by atoms with Gasteiger partial charge in [-0.15, -0.1) is 0 Å². The summed E-state index contributed by atoms with van der Waals surface area (Å²) in [6.07, 6.45) is 0.738. The lowest BCUT2D eigenvalue weighted by molar-refractivity contribution is 0.0928. The van der Waals surface area contributed by atoms with E-state index in [0.29, 0.717) is 12.3 Å². The van der Waals surface area contributed by atoms with Crippen molar-refractivity contribution in [3.05, 3.63) is 65.4 Å². The normalized spacial score (nSPS) is 10.7. The summed E-state index contributed by atoms with van der Waals surface area (Å²) in [5, 5.41) is 3.89. The maximum Gasteiger partial charge on any atom is 0.287 e. The molecule has 0 saturated carbocycles. The summed E-state index contributed by atoms with van der Waals surface area (Å²) in [6.45, 7) is 2.45. The van der Waals surface area contributed by atoms with Crippen LogP contribution in [-0.2, 0) is 6.42 Å². The van der Waals surface area contributed by atoms with Gasteiger partial charge in [-0.25, -0.2) is 0 Å². The highest BCUT2D eigenvalue weighted by molar-refractivity contribution is 5.98. The van der Waals surface area contributed by atoms with Gasteiger partial charge in [-0.1, -0.05) is 30.3 Å². The molecule has 1 amide bonds. The van der Waals surface area contributed by atoms with Crippen LogP contribution in [0.1, 0.15) is 21.7 Å². The number of hydrogen-bond donors (Lipinski definition) is 1. The summed E-state index contributed by atoms with van der Waals surface area (Å²) in [4.78, 5) is 12.3. The van der Waals surface area contributed by atoms with E-state index in [0.717, 1.165) is 34.3 Å². The van der Waals surface area contributed by atoms with Crippen LogP contribution < -0.4 is 10.1 Å². The van der Waals surface area contributed by atoms with Gasteiger partial charge >= 0.3 is 0 Å². The van der Waals surface area contributed by atoms with E-state index in [4.69, 9.17) is 9.15 Å². The molecule has 1 aromatic heterocycles. The van der Waals surface area contributed by atoms with Gasteiger partial charge in [0.25, 0.3) is 5.91 Å². The molecule has 3 aromatic rings.